The van der Waals surface area contributed by atoms with Crippen LogP contribution in [0.15, 0.2) is 95.8 Å². The third-order valence-electron chi connectivity index (χ3n) is 5.82. The van der Waals surface area contributed by atoms with E-state index < -0.39 is 23.8 Å². The fourth-order valence-electron chi connectivity index (χ4n) is 4.37. The summed E-state index contributed by atoms with van der Waals surface area (Å²) in [5.74, 6) is -0.781. The van der Waals surface area contributed by atoms with Crippen LogP contribution in [0.2, 0.25) is 10.0 Å². The second-order valence-electron chi connectivity index (χ2n) is 7.74. The van der Waals surface area contributed by atoms with Crippen LogP contribution in [0, 0.1) is 5.82 Å². The maximum absolute atomic E-state index is 14.6. The summed E-state index contributed by atoms with van der Waals surface area (Å²) in [7, 11) is 0. The Morgan fingerprint density at radius 3 is 1.91 bits per heavy atom. The van der Waals surface area contributed by atoms with Crippen LogP contribution in [0.1, 0.15) is 33.6 Å². The Morgan fingerprint density at radius 1 is 0.727 bits per heavy atom. The molecule has 0 radical (unpaired) electrons. The predicted octanol–water partition coefficient (Wildman–Crippen LogP) is 6.29. The minimum Gasteiger partial charge on any atom is -0.284 e. The van der Waals surface area contributed by atoms with Crippen molar-refractivity contribution in [1.29, 1.82) is 0 Å². The van der Waals surface area contributed by atoms with Crippen LogP contribution in [-0.4, -0.2) is 10.5 Å². The number of benzene rings is 3. The van der Waals surface area contributed by atoms with E-state index >= 15 is 0 Å². The van der Waals surface area contributed by atoms with Crippen molar-refractivity contribution in [2.24, 2.45) is 0 Å². The van der Waals surface area contributed by atoms with E-state index in [1.807, 2.05) is 24.3 Å². The average molecular weight is 479 g/mol. The molecule has 0 aliphatic carbocycles. The lowest BCUT2D eigenvalue weighted by molar-refractivity contribution is 0.0974. The number of amides is 1. The van der Waals surface area contributed by atoms with E-state index in [0.717, 1.165) is 11.1 Å². The number of anilines is 1. The number of carbonyl (C=O) groups is 1. The highest BCUT2D eigenvalue weighted by Crippen LogP contribution is 2.47. The largest absolute Gasteiger partial charge is 0.284 e. The van der Waals surface area contributed by atoms with Crippen molar-refractivity contribution in [3.63, 3.8) is 0 Å². The van der Waals surface area contributed by atoms with Gasteiger partial charge < -0.3 is 0 Å². The molecule has 1 aliphatic heterocycles. The van der Waals surface area contributed by atoms with Gasteiger partial charge in [-0.25, -0.2) is 4.39 Å². The number of rotatable bonds is 3. The molecule has 1 aliphatic rings. The molecule has 0 spiro atoms. The Kier molecular flexibility index (Phi) is 5.52. The number of hydrogen-bond donors (Lipinski definition) is 0. The van der Waals surface area contributed by atoms with E-state index in [0.29, 0.717) is 15.9 Å². The highest BCUT2D eigenvalue weighted by molar-refractivity contribution is 6.30. The van der Waals surface area contributed by atoms with Crippen molar-refractivity contribution in [3.05, 3.63) is 134 Å². The number of fused-ring (bicyclic) bond motifs is 1. The second kappa shape index (κ2) is 8.50. The smallest absolute Gasteiger partial charge is 0.263 e. The summed E-state index contributed by atoms with van der Waals surface area (Å²) in [6.07, 6.45) is 0. The maximum Gasteiger partial charge on any atom is 0.263 e. The number of pyridine rings is 1. The summed E-state index contributed by atoms with van der Waals surface area (Å²) >= 11 is 12.2. The summed E-state index contributed by atoms with van der Waals surface area (Å²) < 4.78 is 16.2. The van der Waals surface area contributed by atoms with Gasteiger partial charge in [-0.3, -0.25) is 19.1 Å². The summed E-state index contributed by atoms with van der Waals surface area (Å²) in [5, 5.41) is 1.10. The van der Waals surface area contributed by atoms with Crippen molar-refractivity contribution < 1.29 is 9.18 Å². The molecule has 2 heterocycles. The summed E-state index contributed by atoms with van der Waals surface area (Å²) in [5.41, 5.74) is 1.20. The molecular formula is C26H17Cl2FN2O2. The lowest BCUT2D eigenvalue weighted by Gasteiger charge is -2.28. The van der Waals surface area contributed by atoms with Crippen molar-refractivity contribution in [2.75, 3.05) is 4.90 Å². The van der Waals surface area contributed by atoms with Gasteiger partial charge in [0.1, 0.15) is 11.6 Å². The fraction of sp³-hybridized carbons (Fsp3) is 0.0769. The molecule has 2 atom stereocenters. The molecular weight excluding hydrogens is 462 g/mol. The van der Waals surface area contributed by atoms with Gasteiger partial charge in [-0.2, -0.15) is 0 Å². The Balaban J connectivity index is 1.78. The number of carbonyl (C=O) groups excluding carboxylic acids is 1. The lowest BCUT2D eigenvalue weighted by Crippen LogP contribution is -2.34. The summed E-state index contributed by atoms with van der Waals surface area (Å²) in [6.45, 7) is 0. The van der Waals surface area contributed by atoms with Gasteiger partial charge in [0.25, 0.3) is 11.5 Å². The quantitative estimate of drug-likeness (QED) is 0.347. The fourth-order valence-corrected chi connectivity index (χ4v) is 4.62. The van der Waals surface area contributed by atoms with Crippen molar-refractivity contribution in [3.8, 4) is 0 Å². The van der Waals surface area contributed by atoms with Gasteiger partial charge in [0.05, 0.1) is 17.6 Å². The van der Waals surface area contributed by atoms with Crippen LogP contribution in [0.5, 0.6) is 0 Å². The molecule has 0 saturated carbocycles. The first-order valence-electron chi connectivity index (χ1n) is 10.3. The Bertz CT molecular complexity index is 1400. The second-order valence-corrected chi connectivity index (χ2v) is 8.61. The van der Waals surface area contributed by atoms with Crippen LogP contribution < -0.4 is 10.5 Å². The molecule has 1 aromatic heterocycles. The third-order valence-corrected chi connectivity index (χ3v) is 6.32. The molecule has 0 bridgehead atoms. The topological polar surface area (TPSA) is 42.3 Å². The molecule has 5 rings (SSSR count). The molecule has 7 heteroatoms. The van der Waals surface area contributed by atoms with Crippen LogP contribution >= 0.6 is 23.2 Å². The van der Waals surface area contributed by atoms with E-state index in [1.165, 1.54) is 29.2 Å². The molecule has 3 aromatic carbocycles. The SMILES string of the molecule is O=C(c1ccccc1F)N1c2cccc(=O)n2C(c2ccc(Cl)cc2)C1c1ccc(Cl)cc1. The van der Waals surface area contributed by atoms with Gasteiger partial charge in [0.15, 0.2) is 0 Å². The van der Waals surface area contributed by atoms with E-state index in [1.54, 1.807) is 47.0 Å². The average Bonchev–Trinajstić information content (AvgIpc) is 3.16. The first kappa shape index (κ1) is 21.4. The van der Waals surface area contributed by atoms with E-state index in [9.17, 15) is 14.0 Å². The Morgan fingerprint density at radius 2 is 1.30 bits per heavy atom. The number of halogens is 3. The predicted molar refractivity (Wildman–Crippen MR) is 128 cm³/mol. The molecule has 4 aromatic rings. The minimum absolute atomic E-state index is 0.0731. The van der Waals surface area contributed by atoms with E-state index in [-0.39, 0.29) is 11.1 Å². The zero-order valence-corrected chi connectivity index (χ0v) is 18.7. The number of hydrogen-bond acceptors (Lipinski definition) is 2. The normalized spacial score (nSPS) is 17.1. The molecule has 2 unspecified atom stereocenters. The molecule has 0 saturated heterocycles. The van der Waals surface area contributed by atoms with E-state index in [4.69, 9.17) is 23.2 Å². The zero-order valence-electron chi connectivity index (χ0n) is 17.2. The van der Waals surface area contributed by atoms with Crippen LogP contribution in [0.4, 0.5) is 10.2 Å². The molecule has 4 nitrogen and oxygen atoms in total. The zero-order chi connectivity index (χ0) is 23.1. The molecule has 0 N–H and O–H groups in total. The summed E-state index contributed by atoms with van der Waals surface area (Å²) in [4.78, 5) is 28.3. The molecule has 33 heavy (non-hydrogen) atoms. The summed E-state index contributed by atoms with van der Waals surface area (Å²) in [6, 6.07) is 23.6. The van der Waals surface area contributed by atoms with Gasteiger partial charge in [-0.05, 0) is 53.6 Å². The van der Waals surface area contributed by atoms with Gasteiger partial charge in [0.2, 0.25) is 0 Å². The lowest BCUT2D eigenvalue weighted by atomic mass is 9.93. The van der Waals surface area contributed by atoms with Gasteiger partial charge in [0, 0.05) is 16.1 Å². The third kappa shape index (κ3) is 3.73. The van der Waals surface area contributed by atoms with Gasteiger partial charge in [-0.15, -0.1) is 0 Å². The van der Waals surface area contributed by atoms with Crippen LogP contribution in [0.25, 0.3) is 0 Å². The van der Waals surface area contributed by atoms with Crippen molar-refractivity contribution >= 4 is 34.9 Å². The first-order chi connectivity index (χ1) is 16.0. The maximum atomic E-state index is 14.6. The molecule has 164 valence electrons. The highest BCUT2D eigenvalue weighted by Gasteiger charge is 2.44. The first-order valence-corrected chi connectivity index (χ1v) is 11.0. The van der Waals surface area contributed by atoms with Crippen LogP contribution in [0.3, 0.4) is 0 Å². The van der Waals surface area contributed by atoms with Crippen molar-refractivity contribution in [1.82, 2.24) is 4.57 Å². The Hall–Kier alpha value is -3.41. The van der Waals surface area contributed by atoms with Crippen molar-refractivity contribution in [2.45, 2.75) is 12.1 Å². The number of aromatic nitrogens is 1. The Labute approximate surface area is 199 Å². The van der Waals surface area contributed by atoms with Crippen LogP contribution in [-0.2, 0) is 0 Å². The van der Waals surface area contributed by atoms with E-state index in [2.05, 4.69) is 0 Å². The minimum atomic E-state index is -0.628. The van der Waals surface area contributed by atoms with Gasteiger partial charge in [-0.1, -0.05) is 65.7 Å². The number of nitrogens with zero attached hydrogens (tertiary/aromatic N) is 2. The molecule has 0 fully saturated rings. The standard InChI is InChI=1S/C26H17Cl2FN2O2/c27-18-12-8-16(9-13-18)24-25(17-10-14-19(28)15-11-17)31(22-6-3-7-23(32)30(22)24)26(33)20-4-1-2-5-21(20)29/h1-15,24-25H. The highest BCUT2D eigenvalue weighted by atomic mass is 35.5. The molecule has 1 amide bonds. The van der Waals surface area contributed by atoms with Gasteiger partial charge >= 0.3 is 0 Å². The monoisotopic (exact) mass is 478 g/mol.